The summed E-state index contributed by atoms with van der Waals surface area (Å²) >= 11 is 1.86. The lowest BCUT2D eigenvalue weighted by Gasteiger charge is -2.26. The highest BCUT2D eigenvalue weighted by atomic mass is 32.2. The van der Waals surface area contributed by atoms with Crippen LogP contribution < -0.4 is 5.32 Å². The highest BCUT2D eigenvalue weighted by Gasteiger charge is 2.23. The predicted molar refractivity (Wildman–Crippen MR) is 128 cm³/mol. The maximum atomic E-state index is 12.7. The number of thioether (sulfide) groups is 1. The van der Waals surface area contributed by atoms with E-state index in [0.717, 1.165) is 30.2 Å². The second-order valence-electron chi connectivity index (χ2n) is 7.67. The average Bonchev–Trinajstić information content (AvgIpc) is 3.29. The van der Waals surface area contributed by atoms with Crippen LogP contribution in [-0.4, -0.2) is 49.7 Å². The van der Waals surface area contributed by atoms with E-state index in [0.29, 0.717) is 17.7 Å². The number of carbonyl (C=O) groups is 2. The molecule has 2 aromatic carbocycles. The van der Waals surface area contributed by atoms with E-state index >= 15 is 0 Å². The normalized spacial score (nSPS) is 14.1. The molecule has 1 aliphatic heterocycles. The zero-order chi connectivity index (χ0) is 23.3. The molecule has 1 aliphatic rings. The van der Waals surface area contributed by atoms with Crippen molar-refractivity contribution in [2.75, 3.05) is 29.9 Å². The van der Waals surface area contributed by atoms with E-state index in [9.17, 15) is 18.0 Å². The van der Waals surface area contributed by atoms with Crippen molar-refractivity contribution in [2.24, 2.45) is 0 Å². The molecule has 4 rings (SSSR count). The molecule has 1 N–H and O–H groups in total. The number of furan rings is 1. The number of hydrogen-bond donors (Lipinski definition) is 1. The molecule has 0 radical (unpaired) electrons. The van der Waals surface area contributed by atoms with Gasteiger partial charge in [0.15, 0.2) is 15.6 Å². The minimum atomic E-state index is -3.62. The molecule has 1 saturated heterocycles. The van der Waals surface area contributed by atoms with Gasteiger partial charge in [-0.3, -0.25) is 9.59 Å². The highest BCUT2D eigenvalue weighted by molar-refractivity contribution is 7.99. The van der Waals surface area contributed by atoms with Gasteiger partial charge in [-0.1, -0.05) is 30.3 Å². The number of amides is 2. The summed E-state index contributed by atoms with van der Waals surface area (Å²) in [6.07, 6.45) is 1.62. The van der Waals surface area contributed by atoms with Crippen LogP contribution >= 0.6 is 11.8 Å². The maximum Gasteiger partial charge on any atom is 0.291 e. The van der Waals surface area contributed by atoms with Gasteiger partial charge in [0.1, 0.15) is 0 Å². The third-order valence-corrected chi connectivity index (χ3v) is 7.96. The first-order valence-electron chi connectivity index (χ1n) is 10.5. The van der Waals surface area contributed by atoms with Crippen LogP contribution in [0.3, 0.4) is 0 Å². The third-order valence-electron chi connectivity index (χ3n) is 5.33. The molecule has 2 amide bonds. The minimum Gasteiger partial charge on any atom is -0.459 e. The van der Waals surface area contributed by atoms with E-state index in [2.05, 4.69) is 5.32 Å². The molecule has 0 unspecified atom stereocenters. The number of benzene rings is 2. The monoisotopic (exact) mass is 484 g/mol. The lowest BCUT2D eigenvalue weighted by molar-refractivity contribution is -0.130. The molecule has 0 aliphatic carbocycles. The fraction of sp³-hybridized carbons (Fsp3) is 0.250. The van der Waals surface area contributed by atoms with E-state index in [1.807, 2.05) is 16.7 Å². The number of anilines is 1. The summed E-state index contributed by atoms with van der Waals surface area (Å²) < 4.78 is 30.6. The standard InChI is InChI=1S/C24H24N2O5S2/c27-22(26-11-14-32-15-12-26)16-18-6-8-20(9-7-18)25-24(28)23-19(10-13-31-23)17-33(29,30)21-4-2-1-3-5-21/h1-10,13H,11-12,14-17H2,(H,25,28). The Bertz CT molecular complexity index is 1220. The van der Waals surface area contributed by atoms with Crippen molar-refractivity contribution < 1.29 is 22.4 Å². The molecule has 7 nitrogen and oxygen atoms in total. The molecule has 0 atom stereocenters. The van der Waals surface area contributed by atoms with E-state index < -0.39 is 15.7 Å². The van der Waals surface area contributed by atoms with Crippen LogP contribution in [0.25, 0.3) is 0 Å². The van der Waals surface area contributed by atoms with E-state index in [1.165, 1.54) is 24.5 Å². The Balaban J connectivity index is 1.39. The van der Waals surface area contributed by atoms with Gasteiger partial charge in [0, 0.05) is 35.8 Å². The van der Waals surface area contributed by atoms with Crippen LogP contribution in [0.5, 0.6) is 0 Å². The van der Waals surface area contributed by atoms with Crippen molar-refractivity contribution in [3.05, 3.63) is 83.8 Å². The lowest BCUT2D eigenvalue weighted by Crippen LogP contribution is -2.38. The molecule has 1 fully saturated rings. The van der Waals surface area contributed by atoms with Crippen molar-refractivity contribution in [3.8, 4) is 0 Å². The third kappa shape index (κ3) is 5.85. The van der Waals surface area contributed by atoms with Crippen molar-refractivity contribution >= 4 is 39.1 Å². The van der Waals surface area contributed by atoms with Crippen LogP contribution in [0, 0.1) is 0 Å². The minimum absolute atomic E-state index is 0.0447. The summed E-state index contributed by atoms with van der Waals surface area (Å²) in [6.45, 7) is 1.56. The first-order valence-corrected chi connectivity index (χ1v) is 13.3. The topological polar surface area (TPSA) is 96.7 Å². The Morgan fingerprint density at radius 3 is 2.36 bits per heavy atom. The summed E-state index contributed by atoms with van der Waals surface area (Å²) in [5.41, 5.74) is 1.68. The number of nitrogens with zero attached hydrogens (tertiary/aromatic N) is 1. The molecule has 0 bridgehead atoms. The summed E-state index contributed by atoms with van der Waals surface area (Å²) in [6, 6.07) is 16.6. The van der Waals surface area contributed by atoms with Gasteiger partial charge in [0.2, 0.25) is 5.91 Å². The first kappa shape index (κ1) is 23.1. The van der Waals surface area contributed by atoms with E-state index in [-0.39, 0.29) is 22.3 Å². The molecule has 9 heteroatoms. The molecule has 2 heterocycles. The SMILES string of the molecule is O=C(Nc1ccc(CC(=O)N2CCSCC2)cc1)c1occc1CS(=O)(=O)c1ccccc1. The van der Waals surface area contributed by atoms with Gasteiger partial charge in [-0.05, 0) is 35.9 Å². The van der Waals surface area contributed by atoms with Crippen LogP contribution in [-0.2, 0) is 26.8 Å². The van der Waals surface area contributed by atoms with Gasteiger partial charge in [-0.15, -0.1) is 0 Å². The lowest BCUT2D eigenvalue weighted by atomic mass is 10.1. The van der Waals surface area contributed by atoms with Crippen molar-refractivity contribution in [2.45, 2.75) is 17.1 Å². The fourth-order valence-electron chi connectivity index (χ4n) is 3.56. The molecular formula is C24H24N2O5S2. The van der Waals surface area contributed by atoms with Crippen LogP contribution in [0.4, 0.5) is 5.69 Å². The molecular weight excluding hydrogens is 460 g/mol. The number of rotatable bonds is 7. The van der Waals surface area contributed by atoms with Crippen LogP contribution in [0.1, 0.15) is 21.7 Å². The quantitative estimate of drug-likeness (QED) is 0.550. The molecule has 33 heavy (non-hydrogen) atoms. The molecule has 172 valence electrons. The van der Waals surface area contributed by atoms with Gasteiger partial charge in [-0.25, -0.2) is 8.42 Å². The summed E-state index contributed by atoms with van der Waals surface area (Å²) in [5, 5.41) is 2.73. The van der Waals surface area contributed by atoms with Gasteiger partial charge in [-0.2, -0.15) is 11.8 Å². The number of carbonyl (C=O) groups excluding carboxylic acids is 2. The zero-order valence-electron chi connectivity index (χ0n) is 17.9. The molecule has 0 saturated carbocycles. The smallest absolute Gasteiger partial charge is 0.291 e. The van der Waals surface area contributed by atoms with Crippen LogP contribution in [0.15, 0.2) is 76.2 Å². The second kappa shape index (κ2) is 10.3. The fourth-order valence-corrected chi connectivity index (χ4v) is 5.84. The summed E-state index contributed by atoms with van der Waals surface area (Å²) in [7, 11) is -3.62. The molecule has 1 aromatic heterocycles. The number of hydrogen-bond acceptors (Lipinski definition) is 6. The van der Waals surface area contributed by atoms with Gasteiger partial charge in [0.25, 0.3) is 5.91 Å². The summed E-state index contributed by atoms with van der Waals surface area (Å²) in [4.78, 5) is 27.2. The van der Waals surface area contributed by atoms with E-state index in [4.69, 9.17) is 4.42 Å². The Morgan fingerprint density at radius 1 is 0.970 bits per heavy atom. The van der Waals surface area contributed by atoms with Crippen molar-refractivity contribution in [3.63, 3.8) is 0 Å². The van der Waals surface area contributed by atoms with Crippen molar-refractivity contribution in [1.29, 1.82) is 0 Å². The average molecular weight is 485 g/mol. The predicted octanol–water partition coefficient (Wildman–Crippen LogP) is 3.62. The zero-order valence-corrected chi connectivity index (χ0v) is 19.5. The Hall–Kier alpha value is -3.04. The Morgan fingerprint density at radius 2 is 1.67 bits per heavy atom. The molecule has 0 spiro atoms. The maximum absolute atomic E-state index is 12.7. The van der Waals surface area contributed by atoms with Crippen molar-refractivity contribution in [1.82, 2.24) is 4.90 Å². The number of sulfone groups is 1. The van der Waals surface area contributed by atoms with Gasteiger partial charge in [0.05, 0.1) is 23.3 Å². The summed E-state index contributed by atoms with van der Waals surface area (Å²) in [5.74, 6) is 1.12. The second-order valence-corrected chi connectivity index (χ2v) is 10.9. The largest absolute Gasteiger partial charge is 0.459 e. The van der Waals surface area contributed by atoms with E-state index in [1.54, 1.807) is 42.5 Å². The first-order chi connectivity index (χ1) is 15.9. The number of nitrogens with one attached hydrogen (secondary N) is 1. The Labute approximate surface area is 197 Å². The molecule has 3 aromatic rings. The van der Waals surface area contributed by atoms with Gasteiger partial charge >= 0.3 is 0 Å². The van der Waals surface area contributed by atoms with Crippen LogP contribution in [0.2, 0.25) is 0 Å². The van der Waals surface area contributed by atoms with Gasteiger partial charge < -0.3 is 14.6 Å². The Kier molecular flexibility index (Phi) is 7.20. The highest BCUT2D eigenvalue weighted by Crippen LogP contribution is 2.21.